The number of carboxylic acids is 2. The molecule has 0 amide bonds. The Morgan fingerprint density at radius 3 is 2.19 bits per heavy atom. The van der Waals surface area contributed by atoms with E-state index >= 15 is 0 Å². The Morgan fingerprint density at radius 2 is 1.81 bits per heavy atom. The van der Waals surface area contributed by atoms with Gasteiger partial charge in [0.25, 0.3) is 0 Å². The molecule has 8 heteroatoms. The van der Waals surface area contributed by atoms with E-state index in [4.69, 9.17) is 10.2 Å². The number of aromatic carboxylic acids is 2. The molecule has 1 aromatic carbocycles. The van der Waals surface area contributed by atoms with Gasteiger partial charge in [0.1, 0.15) is 0 Å². The zero-order chi connectivity index (χ0) is 11.6. The van der Waals surface area contributed by atoms with Gasteiger partial charge < -0.3 is 16.2 Å². The van der Waals surface area contributed by atoms with Gasteiger partial charge >= 0.3 is 41.5 Å². The van der Waals surface area contributed by atoms with Gasteiger partial charge in [0.2, 0.25) is 0 Å². The first-order valence-corrected chi connectivity index (χ1v) is 4.71. The molecule has 82 valence electrons. The zero-order valence-corrected chi connectivity index (χ0v) is 11.0. The van der Waals surface area contributed by atoms with E-state index in [2.05, 4.69) is 0 Å². The van der Waals surface area contributed by atoms with Crippen LogP contribution in [0.5, 0.6) is 0 Å². The topological polar surface area (TPSA) is 115 Å². The minimum Gasteiger partial charge on any atom is -1.00 e. The van der Waals surface area contributed by atoms with Crippen molar-refractivity contribution in [2.45, 2.75) is 4.90 Å². The van der Waals surface area contributed by atoms with Crippen LogP contribution in [0.2, 0.25) is 0 Å². The molecule has 0 saturated heterocycles. The minimum atomic E-state index is -2.78. The van der Waals surface area contributed by atoms with Crippen LogP contribution in [0.1, 0.15) is 22.1 Å². The molecule has 0 fully saturated rings. The molecule has 0 saturated carbocycles. The second-order valence-electron chi connectivity index (χ2n) is 2.56. The Hall–Kier alpha value is -0.730. The summed E-state index contributed by atoms with van der Waals surface area (Å²) < 4.78 is 21.3. The molecule has 2 N–H and O–H groups in total. The van der Waals surface area contributed by atoms with Crippen molar-refractivity contribution in [1.29, 1.82) is 0 Å². The maximum atomic E-state index is 10.6. The second kappa shape index (κ2) is 6.12. The minimum absolute atomic E-state index is 0. The number of benzene rings is 1. The quantitative estimate of drug-likeness (QED) is 0.452. The fourth-order valence-corrected chi connectivity index (χ4v) is 1.53. The van der Waals surface area contributed by atoms with E-state index in [0.29, 0.717) is 0 Å². The molecule has 0 aliphatic rings. The van der Waals surface area contributed by atoms with Gasteiger partial charge in [0.05, 0.1) is 11.1 Å². The Labute approximate surface area is 116 Å². The summed E-state index contributed by atoms with van der Waals surface area (Å²) in [5.74, 6) is -2.75. The average Bonchev–Trinajstić information content (AvgIpc) is 2.16. The fourth-order valence-electron chi connectivity index (χ4n) is 0.970. The largest absolute Gasteiger partial charge is 1.00 e. The smallest absolute Gasteiger partial charge is 1.00 e. The third-order valence-corrected chi connectivity index (χ3v) is 2.34. The van der Waals surface area contributed by atoms with E-state index in [1.807, 2.05) is 0 Å². The van der Waals surface area contributed by atoms with Gasteiger partial charge in [-0.3, -0.25) is 4.21 Å². The van der Waals surface area contributed by atoms with Gasteiger partial charge in [0, 0.05) is 4.90 Å². The van der Waals surface area contributed by atoms with Crippen LogP contribution in [-0.2, 0) is 11.1 Å². The molecule has 0 bridgehead atoms. The summed E-state index contributed by atoms with van der Waals surface area (Å²) in [6.07, 6.45) is 0. The predicted octanol–water partition coefficient (Wildman–Crippen LogP) is -2.56. The van der Waals surface area contributed by atoms with Crippen LogP contribution in [0, 0.1) is 0 Å². The summed E-state index contributed by atoms with van der Waals surface area (Å²) in [5.41, 5.74) is -0.729. The van der Waals surface area contributed by atoms with E-state index in [1.165, 1.54) is 0 Å². The van der Waals surface area contributed by atoms with Crippen LogP contribution in [0.3, 0.4) is 0 Å². The summed E-state index contributed by atoms with van der Waals surface area (Å²) in [7, 11) is 0. The summed E-state index contributed by atoms with van der Waals surface area (Å²) in [4.78, 5) is 20.6. The van der Waals surface area contributed by atoms with Crippen LogP contribution in [0.4, 0.5) is 0 Å². The molecule has 0 spiro atoms. The summed E-state index contributed by atoms with van der Waals surface area (Å²) in [5, 5.41) is 17.2. The predicted molar refractivity (Wildman–Crippen MR) is 48.7 cm³/mol. The SMILES string of the molecule is O=C(O)c1ccc(C(=O)O)c(S(=O)[O-])c1.[H-].[Na+]. The Bertz CT molecular complexity index is 463. The average molecular weight is 253 g/mol. The van der Waals surface area contributed by atoms with Crippen LogP contribution < -0.4 is 29.6 Å². The van der Waals surface area contributed by atoms with Gasteiger partial charge in [-0.25, -0.2) is 9.59 Å². The molecule has 1 atom stereocenters. The van der Waals surface area contributed by atoms with E-state index < -0.39 is 33.5 Å². The normalized spacial score (nSPS) is 11.3. The van der Waals surface area contributed by atoms with Crippen molar-refractivity contribution < 1.29 is 59.5 Å². The molecular formula is C8H6NaO6S-. The molecule has 0 aromatic heterocycles. The van der Waals surface area contributed by atoms with Crippen molar-refractivity contribution in [3.8, 4) is 0 Å². The molecule has 1 aromatic rings. The number of carboxylic acid groups (broad SMARTS) is 2. The molecule has 0 aliphatic heterocycles. The van der Waals surface area contributed by atoms with Crippen molar-refractivity contribution >= 4 is 23.0 Å². The third-order valence-electron chi connectivity index (χ3n) is 1.64. The van der Waals surface area contributed by atoms with Gasteiger partial charge in [-0.1, -0.05) is 0 Å². The molecule has 6 nitrogen and oxygen atoms in total. The molecule has 0 aliphatic carbocycles. The maximum Gasteiger partial charge on any atom is 1.00 e. The number of hydrogen-bond acceptors (Lipinski definition) is 4. The van der Waals surface area contributed by atoms with Crippen LogP contribution in [0.15, 0.2) is 23.1 Å². The number of hydrogen-bond donors (Lipinski definition) is 2. The van der Waals surface area contributed by atoms with Crippen molar-refractivity contribution in [1.82, 2.24) is 0 Å². The van der Waals surface area contributed by atoms with Crippen molar-refractivity contribution in [2.75, 3.05) is 0 Å². The molecule has 16 heavy (non-hydrogen) atoms. The van der Waals surface area contributed by atoms with Crippen LogP contribution in [0.25, 0.3) is 0 Å². The van der Waals surface area contributed by atoms with Crippen molar-refractivity contribution in [3.05, 3.63) is 29.3 Å². The van der Waals surface area contributed by atoms with E-state index in [0.717, 1.165) is 18.2 Å². The van der Waals surface area contributed by atoms with E-state index in [-0.39, 0.29) is 36.5 Å². The zero-order valence-electron chi connectivity index (χ0n) is 9.17. The van der Waals surface area contributed by atoms with Gasteiger partial charge in [-0.05, 0) is 29.3 Å². The maximum absolute atomic E-state index is 10.6. The van der Waals surface area contributed by atoms with Crippen LogP contribution >= 0.6 is 0 Å². The van der Waals surface area contributed by atoms with Gasteiger partial charge in [0.15, 0.2) is 0 Å². The van der Waals surface area contributed by atoms with Crippen molar-refractivity contribution in [3.63, 3.8) is 0 Å². The monoisotopic (exact) mass is 253 g/mol. The number of rotatable bonds is 3. The third kappa shape index (κ3) is 3.39. The number of carbonyl (C=O) groups is 2. The molecular weight excluding hydrogens is 247 g/mol. The Balaban J connectivity index is 0. The molecule has 0 heterocycles. The van der Waals surface area contributed by atoms with E-state index in [9.17, 15) is 18.4 Å². The fraction of sp³-hybridized carbons (Fsp3) is 0. The summed E-state index contributed by atoms with van der Waals surface area (Å²) >= 11 is -2.78. The second-order valence-corrected chi connectivity index (χ2v) is 3.47. The molecule has 1 unspecified atom stereocenters. The van der Waals surface area contributed by atoms with Crippen molar-refractivity contribution in [2.24, 2.45) is 0 Å². The van der Waals surface area contributed by atoms with Gasteiger partial charge in [-0.15, -0.1) is 0 Å². The van der Waals surface area contributed by atoms with Gasteiger partial charge in [-0.2, -0.15) is 0 Å². The first-order valence-electron chi connectivity index (χ1n) is 3.63. The summed E-state index contributed by atoms with van der Waals surface area (Å²) in [6, 6.07) is 2.77. The standard InChI is InChI=1S/C8H6O6S.Na.H/c9-7(10)4-1-2-5(8(11)12)6(3-4)15(13)14;;/h1-3H,(H,9,10)(H,11,12)(H,13,14);;/q;+1;-1/p-1. The summed E-state index contributed by atoms with van der Waals surface area (Å²) in [6.45, 7) is 0. The first-order chi connectivity index (χ1) is 6.93. The molecule has 0 radical (unpaired) electrons. The Morgan fingerprint density at radius 1 is 1.25 bits per heavy atom. The van der Waals surface area contributed by atoms with Crippen LogP contribution in [-0.4, -0.2) is 30.9 Å². The molecule has 1 rings (SSSR count). The Kier molecular flexibility index (Phi) is 5.84. The van der Waals surface area contributed by atoms with E-state index in [1.54, 1.807) is 0 Å². The first kappa shape index (κ1) is 15.3.